The van der Waals surface area contributed by atoms with Crippen LogP contribution in [0.25, 0.3) is 0 Å². The van der Waals surface area contributed by atoms with Crippen molar-refractivity contribution in [3.05, 3.63) is 41.2 Å². The maximum atomic E-state index is 14.6. The summed E-state index contributed by atoms with van der Waals surface area (Å²) in [5.74, 6) is -3.31. The highest BCUT2D eigenvalue weighted by molar-refractivity contribution is 5.31. The Morgan fingerprint density at radius 2 is 1.83 bits per heavy atom. The Labute approximate surface area is 167 Å². The standard InChI is InChI=1S/C21H26F4O4/c1-3-21(25)11-28-20(29-12-21)19(24)18(23)14-6-7-16(27-10-14)13-5-8-17(26-4-2)15(22)9-13/h5,8-9,14,16,20H,3-4,6-7,10-12H2,1-2H3/b19-18+. The molecule has 0 spiro atoms. The van der Waals surface area contributed by atoms with Crippen LogP contribution >= 0.6 is 0 Å². The van der Waals surface area contributed by atoms with Gasteiger partial charge in [0.1, 0.15) is 5.83 Å². The van der Waals surface area contributed by atoms with Gasteiger partial charge in [-0.3, -0.25) is 0 Å². The lowest BCUT2D eigenvalue weighted by molar-refractivity contribution is -0.224. The Hall–Kier alpha value is -1.64. The molecule has 2 aliphatic heterocycles. The predicted octanol–water partition coefficient (Wildman–Crippen LogP) is 5.33. The first kappa shape index (κ1) is 22.1. The van der Waals surface area contributed by atoms with Gasteiger partial charge >= 0.3 is 0 Å². The van der Waals surface area contributed by atoms with E-state index < -0.39 is 41.5 Å². The van der Waals surface area contributed by atoms with E-state index in [1.54, 1.807) is 19.9 Å². The van der Waals surface area contributed by atoms with Crippen molar-refractivity contribution in [2.24, 2.45) is 5.92 Å². The first-order chi connectivity index (χ1) is 13.9. The highest BCUT2D eigenvalue weighted by atomic mass is 19.2. The van der Waals surface area contributed by atoms with Gasteiger partial charge in [-0.1, -0.05) is 13.0 Å². The Kier molecular flexibility index (Phi) is 7.19. The van der Waals surface area contributed by atoms with Gasteiger partial charge in [0.05, 0.1) is 32.5 Å². The summed E-state index contributed by atoms with van der Waals surface area (Å²) in [6.07, 6.45) is -1.07. The minimum atomic E-state index is -1.68. The minimum Gasteiger partial charge on any atom is -0.491 e. The van der Waals surface area contributed by atoms with E-state index in [-0.39, 0.29) is 32.0 Å². The van der Waals surface area contributed by atoms with Crippen LogP contribution in [-0.2, 0) is 14.2 Å². The van der Waals surface area contributed by atoms with E-state index in [4.69, 9.17) is 18.9 Å². The minimum absolute atomic E-state index is 0.0620. The van der Waals surface area contributed by atoms with Gasteiger partial charge in [-0.25, -0.2) is 17.6 Å². The van der Waals surface area contributed by atoms with Gasteiger partial charge < -0.3 is 18.9 Å². The molecule has 0 aliphatic carbocycles. The first-order valence-corrected chi connectivity index (χ1v) is 9.88. The van der Waals surface area contributed by atoms with Gasteiger partial charge in [0.25, 0.3) is 0 Å². The molecule has 1 aromatic carbocycles. The number of ether oxygens (including phenoxy) is 4. The van der Waals surface area contributed by atoms with E-state index in [1.165, 1.54) is 12.1 Å². The SMILES string of the molecule is CCOc1ccc(C2CCC(/C(F)=C(\F)C3OCC(F)(CC)CO3)CO2)cc1F. The van der Waals surface area contributed by atoms with E-state index in [1.807, 2.05) is 0 Å². The second kappa shape index (κ2) is 9.45. The molecule has 0 saturated carbocycles. The van der Waals surface area contributed by atoms with Crippen molar-refractivity contribution < 1.29 is 36.5 Å². The molecule has 2 heterocycles. The second-order valence-electron chi connectivity index (χ2n) is 7.37. The fourth-order valence-electron chi connectivity index (χ4n) is 3.40. The third-order valence-corrected chi connectivity index (χ3v) is 5.32. The van der Waals surface area contributed by atoms with Crippen LogP contribution in [0.4, 0.5) is 17.6 Å². The topological polar surface area (TPSA) is 36.9 Å². The number of hydrogen-bond acceptors (Lipinski definition) is 4. The lowest BCUT2D eigenvalue weighted by atomic mass is 9.93. The van der Waals surface area contributed by atoms with Crippen LogP contribution in [0.15, 0.2) is 29.9 Å². The first-order valence-electron chi connectivity index (χ1n) is 9.88. The van der Waals surface area contributed by atoms with Gasteiger partial charge in [-0.2, -0.15) is 0 Å². The average Bonchev–Trinajstić information content (AvgIpc) is 2.75. The van der Waals surface area contributed by atoms with E-state index in [2.05, 4.69) is 0 Å². The largest absolute Gasteiger partial charge is 0.491 e. The normalized spacial score (nSPS) is 31.3. The molecular weight excluding hydrogens is 392 g/mol. The van der Waals surface area contributed by atoms with E-state index in [0.717, 1.165) is 0 Å². The smallest absolute Gasteiger partial charge is 0.213 e. The zero-order valence-corrected chi connectivity index (χ0v) is 16.6. The molecule has 2 atom stereocenters. The number of alkyl halides is 1. The van der Waals surface area contributed by atoms with Gasteiger partial charge in [-0.15, -0.1) is 0 Å². The van der Waals surface area contributed by atoms with Crippen LogP contribution in [0.3, 0.4) is 0 Å². The zero-order valence-electron chi connectivity index (χ0n) is 16.6. The summed E-state index contributed by atoms with van der Waals surface area (Å²) in [5, 5.41) is 0. The maximum absolute atomic E-state index is 14.6. The van der Waals surface area contributed by atoms with Gasteiger partial charge in [-0.05, 0) is 43.9 Å². The van der Waals surface area contributed by atoms with E-state index in [0.29, 0.717) is 25.0 Å². The molecule has 1 aromatic rings. The molecule has 0 aromatic heterocycles. The van der Waals surface area contributed by atoms with Gasteiger partial charge in [0, 0.05) is 5.92 Å². The van der Waals surface area contributed by atoms with Crippen LogP contribution in [0.2, 0.25) is 0 Å². The third kappa shape index (κ3) is 5.10. The molecule has 162 valence electrons. The molecule has 0 bridgehead atoms. The van der Waals surface area contributed by atoms with Crippen molar-refractivity contribution in [1.82, 2.24) is 0 Å². The lowest BCUT2D eigenvalue weighted by Crippen LogP contribution is -2.44. The molecule has 0 radical (unpaired) electrons. The quantitative estimate of drug-likeness (QED) is 0.585. The molecule has 8 heteroatoms. The maximum Gasteiger partial charge on any atom is 0.213 e. The fraction of sp³-hybridized carbons (Fsp3) is 0.619. The number of benzene rings is 1. The summed E-state index contributed by atoms with van der Waals surface area (Å²) in [7, 11) is 0. The average molecular weight is 418 g/mol. The zero-order chi connectivity index (χ0) is 21.0. The molecule has 2 unspecified atom stereocenters. The number of hydrogen-bond donors (Lipinski definition) is 0. The summed E-state index contributed by atoms with van der Waals surface area (Å²) in [6.45, 7) is 3.00. The molecule has 4 nitrogen and oxygen atoms in total. The molecular formula is C21H26F4O4. The second-order valence-corrected chi connectivity index (χ2v) is 7.37. The third-order valence-electron chi connectivity index (χ3n) is 5.32. The highest BCUT2D eigenvalue weighted by Crippen LogP contribution is 2.38. The lowest BCUT2D eigenvalue weighted by Gasteiger charge is -2.34. The van der Waals surface area contributed by atoms with Crippen molar-refractivity contribution in [2.45, 2.75) is 51.2 Å². The van der Waals surface area contributed by atoms with E-state index in [9.17, 15) is 17.6 Å². The molecule has 2 aliphatic rings. The Morgan fingerprint density at radius 1 is 1.10 bits per heavy atom. The summed E-state index contributed by atoms with van der Waals surface area (Å²) in [6, 6.07) is 4.57. The van der Waals surface area contributed by atoms with Crippen molar-refractivity contribution in [1.29, 1.82) is 0 Å². The van der Waals surface area contributed by atoms with Crippen LogP contribution in [-0.4, -0.2) is 38.4 Å². The van der Waals surface area contributed by atoms with Crippen molar-refractivity contribution in [2.75, 3.05) is 26.4 Å². The summed E-state index contributed by atoms with van der Waals surface area (Å²) >= 11 is 0. The van der Waals surface area contributed by atoms with Crippen LogP contribution in [0, 0.1) is 11.7 Å². The van der Waals surface area contributed by atoms with Crippen molar-refractivity contribution >= 4 is 0 Å². The van der Waals surface area contributed by atoms with Gasteiger partial charge in [0.2, 0.25) is 6.29 Å². The number of rotatable bonds is 6. The molecule has 2 saturated heterocycles. The highest BCUT2D eigenvalue weighted by Gasteiger charge is 2.39. The predicted molar refractivity (Wildman–Crippen MR) is 98.1 cm³/mol. The molecule has 3 rings (SSSR count). The van der Waals surface area contributed by atoms with Crippen molar-refractivity contribution in [3.63, 3.8) is 0 Å². The molecule has 2 fully saturated rings. The molecule has 0 N–H and O–H groups in total. The summed E-state index contributed by atoms with van der Waals surface area (Å²) in [5.41, 5.74) is -1.06. The Balaban J connectivity index is 1.58. The fourth-order valence-corrected chi connectivity index (χ4v) is 3.40. The monoisotopic (exact) mass is 418 g/mol. The molecule has 29 heavy (non-hydrogen) atoms. The molecule has 0 amide bonds. The Morgan fingerprint density at radius 3 is 2.38 bits per heavy atom. The summed E-state index contributed by atoms with van der Waals surface area (Å²) in [4.78, 5) is 0. The number of halogens is 4. The van der Waals surface area contributed by atoms with Crippen molar-refractivity contribution in [3.8, 4) is 5.75 Å². The van der Waals surface area contributed by atoms with Crippen LogP contribution in [0.1, 0.15) is 44.8 Å². The summed E-state index contributed by atoms with van der Waals surface area (Å²) < 4.78 is 78.0. The van der Waals surface area contributed by atoms with Crippen LogP contribution in [0.5, 0.6) is 5.75 Å². The van der Waals surface area contributed by atoms with Crippen LogP contribution < -0.4 is 4.74 Å². The van der Waals surface area contributed by atoms with Gasteiger partial charge in [0.15, 0.2) is 23.1 Å². The Bertz CT molecular complexity index is 723. The van der Waals surface area contributed by atoms with E-state index >= 15 is 0 Å².